The monoisotopic (exact) mass is 646 g/mol. The minimum absolute atomic E-state index is 0.00000661. The lowest BCUT2D eigenvalue weighted by molar-refractivity contribution is 0.117. The Kier molecular flexibility index (Phi) is 7.00. The van der Waals surface area contributed by atoms with Gasteiger partial charge in [0.1, 0.15) is 0 Å². The molecule has 2 heterocycles. The van der Waals surface area contributed by atoms with Crippen molar-refractivity contribution in [1.82, 2.24) is 9.80 Å². The number of anilines is 1. The quantitative estimate of drug-likeness (QED) is 0.136. The molecule has 2 saturated heterocycles. The predicted molar refractivity (Wildman–Crippen MR) is 150 cm³/mol. The van der Waals surface area contributed by atoms with Gasteiger partial charge in [-0.25, -0.2) is 9.59 Å². The van der Waals surface area contributed by atoms with Gasteiger partial charge in [0.2, 0.25) is 0 Å². The molecule has 0 spiro atoms. The Morgan fingerprint density at radius 3 is 1.97 bits per heavy atom. The Morgan fingerprint density at radius 1 is 0.947 bits per heavy atom. The molecule has 12 heteroatoms. The molecule has 0 unspecified atom stereocenters. The molecule has 200 valence electrons. The fourth-order valence-electron chi connectivity index (χ4n) is 6.48. The normalized spacial score (nSPS) is 27.8. The van der Waals surface area contributed by atoms with Gasteiger partial charge in [-0.2, -0.15) is 0 Å². The summed E-state index contributed by atoms with van der Waals surface area (Å²) in [4.78, 5) is 30.1. The molecule has 2 aromatic carbocycles. The zero-order valence-electron chi connectivity index (χ0n) is 21.1. The van der Waals surface area contributed by atoms with Gasteiger partial charge in [0.15, 0.2) is 0 Å². The number of alkyl halides is 2. The molecule has 10 nitrogen and oxygen atoms in total. The van der Waals surface area contributed by atoms with Crippen LogP contribution in [0.4, 0.5) is 21.0 Å². The highest BCUT2D eigenvalue weighted by Crippen LogP contribution is 2.55. The highest BCUT2D eigenvalue weighted by Gasteiger charge is 2.55. The van der Waals surface area contributed by atoms with Crippen molar-refractivity contribution in [2.75, 3.05) is 33.0 Å². The molecule has 2 aliphatic heterocycles. The van der Waals surface area contributed by atoms with Crippen LogP contribution in [0.15, 0.2) is 41.5 Å². The maximum Gasteiger partial charge on any atom is 0.409 e. The predicted octanol–water partition coefficient (Wildman–Crippen LogP) is 5.87. The van der Waals surface area contributed by atoms with Crippen molar-refractivity contribution in [2.24, 2.45) is 5.11 Å². The Bertz CT molecular complexity index is 1350. The zero-order chi connectivity index (χ0) is 27.2. The Hall–Kier alpha value is -2.95. The van der Waals surface area contributed by atoms with Crippen molar-refractivity contribution in [2.45, 2.75) is 46.4 Å². The topological polar surface area (TPSA) is 134 Å². The fraction of sp³-hybridized carbons (Fsp3) is 0.462. The number of hydrogen-bond donors (Lipinski definition) is 1. The van der Waals surface area contributed by atoms with E-state index >= 15 is 0 Å². The first-order chi connectivity index (χ1) is 18.2. The van der Waals surface area contributed by atoms with Crippen LogP contribution in [-0.2, 0) is 31.0 Å². The van der Waals surface area contributed by atoms with Crippen molar-refractivity contribution < 1.29 is 19.1 Å². The third-order valence-electron chi connectivity index (χ3n) is 8.27. The number of azide groups is 1. The molecule has 0 saturated carbocycles. The SMILES string of the molecule is COC(=O)N1CC[C@@]2(Br)c3cccc(N)c3C[C@@H]12.COC(=O)N1CC[C@@]2(Br)c3cccc(N=[N+]=[N-])c3C[C@@H]12. The first-order valence-corrected chi connectivity index (χ1v) is 13.9. The lowest BCUT2D eigenvalue weighted by atomic mass is 9.97. The molecule has 38 heavy (non-hydrogen) atoms. The van der Waals surface area contributed by atoms with E-state index < -0.39 is 0 Å². The number of ether oxygens (including phenoxy) is 2. The number of carbonyl (C=O) groups excluding carboxylic acids is 2. The molecule has 0 radical (unpaired) electrons. The number of likely N-dealkylation sites (tertiary alicyclic amines) is 2. The minimum Gasteiger partial charge on any atom is -0.453 e. The van der Waals surface area contributed by atoms with Crippen LogP contribution in [0.25, 0.3) is 10.4 Å². The first kappa shape index (κ1) is 26.6. The highest BCUT2D eigenvalue weighted by molar-refractivity contribution is 9.10. The number of nitrogens with zero attached hydrogens (tertiary/aromatic N) is 5. The van der Waals surface area contributed by atoms with E-state index in [1.807, 2.05) is 24.3 Å². The van der Waals surface area contributed by atoms with Crippen molar-refractivity contribution >= 4 is 55.4 Å². The van der Waals surface area contributed by atoms with Crippen molar-refractivity contribution in [3.63, 3.8) is 0 Å². The van der Waals surface area contributed by atoms with Gasteiger partial charge in [-0.05, 0) is 59.5 Å². The number of methoxy groups -OCH3 is 2. The van der Waals surface area contributed by atoms with Crippen LogP contribution >= 0.6 is 31.9 Å². The van der Waals surface area contributed by atoms with Crippen molar-refractivity contribution in [3.05, 3.63) is 69.1 Å². The molecule has 4 aliphatic rings. The second-order valence-electron chi connectivity index (χ2n) is 9.86. The number of nitrogens with two attached hydrogens (primary N) is 1. The number of nitrogen functional groups attached to an aromatic ring is 1. The standard InChI is InChI=1S/C13H13BrN4O2.C13H15BrN2O2/c1-20-12(19)18-6-5-13(14)9-3-2-4-10(16-17-15)8(9)7-11(13)18;1-18-12(17)16-6-5-13(14)9-3-2-4-10(15)8(9)7-11(13)16/h2-4,11H,5-7H2,1H3;2-4,11H,5-7,15H2,1H3/t2*11-,13-/m11/s1. The molecule has 6 rings (SSSR count). The van der Waals surface area contributed by atoms with Gasteiger partial charge < -0.3 is 25.0 Å². The lowest BCUT2D eigenvalue weighted by Gasteiger charge is -2.27. The van der Waals surface area contributed by atoms with Gasteiger partial charge in [0.25, 0.3) is 0 Å². The first-order valence-electron chi connectivity index (χ1n) is 12.3. The van der Waals surface area contributed by atoms with E-state index in [-0.39, 0.29) is 32.9 Å². The Balaban J connectivity index is 0.000000156. The number of benzene rings is 2. The smallest absolute Gasteiger partial charge is 0.409 e. The van der Waals surface area contributed by atoms with E-state index in [2.05, 4.69) is 48.0 Å². The Morgan fingerprint density at radius 2 is 1.45 bits per heavy atom. The Labute approximate surface area is 237 Å². The average Bonchev–Trinajstić information content (AvgIpc) is 3.60. The van der Waals surface area contributed by atoms with Gasteiger partial charge in [-0.3, -0.25) is 0 Å². The van der Waals surface area contributed by atoms with E-state index in [4.69, 9.17) is 20.7 Å². The van der Waals surface area contributed by atoms with Crippen LogP contribution < -0.4 is 5.73 Å². The summed E-state index contributed by atoms with van der Waals surface area (Å²) in [5.41, 5.74) is 20.6. The molecular weight excluding hydrogens is 620 g/mol. The fourth-order valence-corrected chi connectivity index (χ4v) is 8.39. The minimum atomic E-state index is -0.311. The van der Waals surface area contributed by atoms with Crippen LogP contribution in [0.5, 0.6) is 0 Å². The van der Waals surface area contributed by atoms with Gasteiger partial charge in [0.05, 0.1) is 35.0 Å². The highest BCUT2D eigenvalue weighted by atomic mass is 79.9. The van der Waals surface area contributed by atoms with Gasteiger partial charge in [-0.15, -0.1) is 0 Å². The molecule has 4 atom stereocenters. The molecule has 2 amide bonds. The molecule has 2 N–H and O–H groups in total. The van der Waals surface area contributed by atoms with Crippen LogP contribution in [0.1, 0.15) is 35.1 Å². The third-order valence-corrected chi connectivity index (χ3v) is 11.0. The number of hydrogen-bond acceptors (Lipinski definition) is 6. The van der Waals surface area contributed by atoms with E-state index in [0.717, 1.165) is 48.2 Å². The number of halogens is 2. The third kappa shape index (κ3) is 4.01. The lowest BCUT2D eigenvalue weighted by Crippen LogP contribution is -2.40. The van der Waals surface area contributed by atoms with E-state index in [1.54, 1.807) is 15.9 Å². The van der Waals surface area contributed by atoms with E-state index in [0.29, 0.717) is 18.7 Å². The van der Waals surface area contributed by atoms with E-state index in [1.165, 1.54) is 19.8 Å². The number of amides is 2. The van der Waals surface area contributed by atoms with Gasteiger partial charge >= 0.3 is 12.2 Å². The van der Waals surface area contributed by atoms with Crippen molar-refractivity contribution in [3.8, 4) is 0 Å². The molecule has 2 aromatic rings. The average molecular weight is 648 g/mol. The molecule has 0 bridgehead atoms. The van der Waals surface area contributed by atoms with Crippen LogP contribution in [0.2, 0.25) is 0 Å². The number of fused-ring (bicyclic) bond motifs is 6. The summed E-state index contributed by atoms with van der Waals surface area (Å²) in [6.07, 6.45) is 2.61. The summed E-state index contributed by atoms with van der Waals surface area (Å²) in [5.74, 6) is 0. The second-order valence-corrected chi connectivity index (χ2v) is 12.7. The molecular formula is C26H28Br2N6O4. The molecule has 2 fully saturated rings. The largest absolute Gasteiger partial charge is 0.453 e. The summed E-state index contributed by atoms with van der Waals surface area (Å²) in [6, 6.07) is 11.8. The summed E-state index contributed by atoms with van der Waals surface area (Å²) in [7, 11) is 2.82. The maximum atomic E-state index is 11.9. The van der Waals surface area contributed by atoms with Crippen LogP contribution in [0, 0.1) is 0 Å². The van der Waals surface area contributed by atoms with Gasteiger partial charge in [-0.1, -0.05) is 67.3 Å². The maximum absolute atomic E-state index is 11.9. The summed E-state index contributed by atoms with van der Waals surface area (Å²) >= 11 is 7.65. The van der Waals surface area contributed by atoms with Crippen LogP contribution in [0.3, 0.4) is 0 Å². The summed E-state index contributed by atoms with van der Waals surface area (Å²) in [5, 5.41) is 3.75. The van der Waals surface area contributed by atoms with E-state index in [9.17, 15) is 9.59 Å². The molecule has 2 aliphatic carbocycles. The summed E-state index contributed by atoms with van der Waals surface area (Å²) in [6.45, 7) is 1.38. The molecule has 0 aromatic heterocycles. The summed E-state index contributed by atoms with van der Waals surface area (Å²) < 4.78 is 9.27. The van der Waals surface area contributed by atoms with Crippen LogP contribution in [-0.4, -0.2) is 61.4 Å². The second kappa shape index (κ2) is 9.98. The number of rotatable bonds is 1. The zero-order valence-corrected chi connectivity index (χ0v) is 24.2. The van der Waals surface area contributed by atoms with Crippen molar-refractivity contribution in [1.29, 1.82) is 0 Å². The van der Waals surface area contributed by atoms with Gasteiger partial charge in [0, 0.05) is 29.4 Å². The number of carbonyl (C=O) groups is 2.